The number of fused-ring (bicyclic) bond motifs is 3. The number of carbonyl (C=O) groups is 2. The van der Waals surface area contributed by atoms with E-state index in [0.717, 1.165) is 10.0 Å². The number of hydrogen-bond acceptors (Lipinski definition) is 8. The van der Waals surface area contributed by atoms with Crippen molar-refractivity contribution in [3.05, 3.63) is 82.8 Å². The van der Waals surface area contributed by atoms with Crippen molar-refractivity contribution in [1.82, 2.24) is 5.06 Å². The molecule has 202 valence electrons. The minimum absolute atomic E-state index is 0.00712. The van der Waals surface area contributed by atoms with Gasteiger partial charge < -0.3 is 18.9 Å². The molecule has 0 unspecified atom stereocenters. The molecule has 3 aromatic carbocycles. The number of hydrogen-bond donors (Lipinski definition) is 0. The zero-order chi connectivity index (χ0) is 27.3. The van der Waals surface area contributed by atoms with Gasteiger partial charge in [-0.15, -0.1) is 0 Å². The maximum atomic E-state index is 13.8. The number of amides is 1. The fourth-order valence-corrected chi connectivity index (χ4v) is 6.32. The maximum absolute atomic E-state index is 13.8. The SMILES string of the molecule is COC(=O)[C@@]12COc3ccc(Br)cc3[C@@H]1N(C)O[C@H]2[C@H]1[C@H](Oc2ccccc2)C(=O)N1c1ccc(OC)cc1. The Bertz CT molecular complexity index is 1400. The Morgan fingerprint density at radius 3 is 2.46 bits per heavy atom. The van der Waals surface area contributed by atoms with Crippen LogP contribution in [0, 0.1) is 5.41 Å². The van der Waals surface area contributed by atoms with Crippen molar-refractivity contribution in [3.63, 3.8) is 0 Å². The molecule has 3 aromatic rings. The third-order valence-corrected chi connectivity index (χ3v) is 8.19. The predicted molar refractivity (Wildman–Crippen MR) is 145 cm³/mol. The van der Waals surface area contributed by atoms with E-state index in [1.807, 2.05) is 36.4 Å². The molecule has 0 radical (unpaired) electrons. The van der Waals surface area contributed by atoms with Crippen LogP contribution in [0.15, 0.2) is 77.3 Å². The highest BCUT2D eigenvalue weighted by Crippen LogP contribution is 2.57. The van der Waals surface area contributed by atoms with Crippen LogP contribution in [0.4, 0.5) is 5.69 Å². The molecule has 2 saturated heterocycles. The molecule has 0 N–H and O–H groups in total. The van der Waals surface area contributed by atoms with Crippen molar-refractivity contribution in [1.29, 1.82) is 0 Å². The summed E-state index contributed by atoms with van der Waals surface area (Å²) in [7, 11) is 4.72. The molecule has 3 aliphatic rings. The quantitative estimate of drug-likeness (QED) is 0.311. The van der Waals surface area contributed by atoms with Crippen LogP contribution in [0.25, 0.3) is 0 Å². The van der Waals surface area contributed by atoms with Crippen molar-refractivity contribution in [2.45, 2.75) is 24.3 Å². The number of benzene rings is 3. The average Bonchev–Trinajstić information content (AvgIpc) is 3.27. The summed E-state index contributed by atoms with van der Waals surface area (Å²) in [6.45, 7) is 0.00712. The van der Waals surface area contributed by atoms with E-state index in [1.165, 1.54) is 7.11 Å². The molecule has 3 heterocycles. The van der Waals surface area contributed by atoms with Crippen molar-refractivity contribution in [2.24, 2.45) is 5.41 Å². The summed E-state index contributed by atoms with van der Waals surface area (Å²) in [6, 6.07) is 20.8. The van der Waals surface area contributed by atoms with Gasteiger partial charge >= 0.3 is 5.97 Å². The van der Waals surface area contributed by atoms with Crippen LogP contribution in [0.2, 0.25) is 0 Å². The molecule has 2 fully saturated rings. The van der Waals surface area contributed by atoms with E-state index < -0.39 is 35.7 Å². The molecule has 0 saturated carbocycles. The normalized spacial score (nSPS) is 27.6. The Morgan fingerprint density at radius 2 is 1.77 bits per heavy atom. The minimum atomic E-state index is -1.29. The number of carbonyl (C=O) groups excluding carboxylic acids is 2. The molecule has 39 heavy (non-hydrogen) atoms. The van der Waals surface area contributed by atoms with Crippen LogP contribution in [0.3, 0.4) is 0 Å². The standard InChI is InChI=1S/C29H27BrN2O7/c1-31-25-21-15-17(30)9-14-22(21)37-16-29(25,28(34)36-3)26(39-31)23-24(38-20-7-5-4-6-8-20)27(33)32(23)18-10-12-19(35-2)13-11-18/h4-15,23-26H,16H2,1-3H3/t23-,24+,25+,26+,29+/m1/s1. The topological polar surface area (TPSA) is 86.8 Å². The smallest absolute Gasteiger partial charge is 0.320 e. The minimum Gasteiger partial charge on any atom is -0.497 e. The van der Waals surface area contributed by atoms with Gasteiger partial charge in [0.25, 0.3) is 5.91 Å². The number of para-hydroxylation sites is 1. The average molecular weight is 595 g/mol. The molecular weight excluding hydrogens is 568 g/mol. The second kappa shape index (κ2) is 9.86. The van der Waals surface area contributed by atoms with Crippen molar-refractivity contribution in [2.75, 3.05) is 32.8 Å². The molecular formula is C29H27BrN2O7. The van der Waals surface area contributed by atoms with Gasteiger partial charge in [-0.2, -0.15) is 5.06 Å². The summed E-state index contributed by atoms with van der Waals surface area (Å²) < 4.78 is 23.9. The van der Waals surface area contributed by atoms with Crippen molar-refractivity contribution < 1.29 is 33.4 Å². The molecule has 10 heteroatoms. The summed E-state index contributed by atoms with van der Waals surface area (Å²) >= 11 is 3.54. The lowest BCUT2D eigenvalue weighted by molar-refractivity contribution is -0.179. The predicted octanol–water partition coefficient (Wildman–Crippen LogP) is 4.16. The van der Waals surface area contributed by atoms with Gasteiger partial charge in [0.05, 0.1) is 20.3 Å². The number of rotatable bonds is 6. The highest BCUT2D eigenvalue weighted by Gasteiger charge is 2.71. The molecule has 3 aliphatic heterocycles. The molecule has 6 rings (SSSR count). The molecule has 0 spiro atoms. The highest BCUT2D eigenvalue weighted by atomic mass is 79.9. The van der Waals surface area contributed by atoms with Crippen LogP contribution < -0.4 is 19.1 Å². The Morgan fingerprint density at radius 1 is 1.03 bits per heavy atom. The number of esters is 1. The van der Waals surface area contributed by atoms with Gasteiger partial charge in [0.15, 0.2) is 5.41 Å². The lowest BCUT2D eigenvalue weighted by Gasteiger charge is -2.51. The van der Waals surface area contributed by atoms with E-state index in [1.54, 1.807) is 60.5 Å². The van der Waals surface area contributed by atoms with Gasteiger partial charge in [-0.3, -0.25) is 19.3 Å². The second-order valence-corrected chi connectivity index (χ2v) is 10.6. The van der Waals surface area contributed by atoms with Crippen LogP contribution >= 0.6 is 15.9 Å². The third-order valence-electron chi connectivity index (χ3n) is 7.69. The molecule has 0 bridgehead atoms. The number of halogens is 1. The van der Waals surface area contributed by atoms with E-state index in [-0.39, 0.29) is 12.5 Å². The first-order chi connectivity index (χ1) is 18.9. The number of methoxy groups -OCH3 is 2. The van der Waals surface area contributed by atoms with E-state index in [2.05, 4.69) is 15.9 Å². The van der Waals surface area contributed by atoms with Crippen LogP contribution in [-0.4, -0.2) is 63.1 Å². The lowest BCUT2D eigenvalue weighted by Crippen LogP contribution is -2.74. The third kappa shape index (κ3) is 3.97. The van der Waals surface area contributed by atoms with Crippen LogP contribution in [0.1, 0.15) is 11.6 Å². The van der Waals surface area contributed by atoms with Crippen molar-refractivity contribution >= 4 is 33.5 Å². The molecule has 5 atom stereocenters. The Hall–Kier alpha value is -3.60. The first-order valence-corrected chi connectivity index (χ1v) is 13.3. The van der Waals surface area contributed by atoms with E-state index >= 15 is 0 Å². The van der Waals surface area contributed by atoms with E-state index in [0.29, 0.717) is 22.9 Å². The summed E-state index contributed by atoms with van der Waals surface area (Å²) in [5, 5.41) is 1.67. The molecule has 9 nitrogen and oxygen atoms in total. The first kappa shape index (κ1) is 25.7. The number of anilines is 1. The van der Waals surface area contributed by atoms with Crippen LogP contribution in [-0.2, 0) is 19.2 Å². The van der Waals surface area contributed by atoms with Gasteiger partial charge in [0.1, 0.15) is 36.0 Å². The Labute approximate surface area is 234 Å². The molecule has 0 aliphatic carbocycles. The number of nitrogens with zero attached hydrogens (tertiary/aromatic N) is 2. The number of β-lactam (4-membered cyclic amide) rings is 1. The fourth-order valence-electron chi connectivity index (χ4n) is 5.94. The molecule has 0 aromatic heterocycles. The van der Waals surface area contributed by atoms with E-state index in [9.17, 15) is 9.59 Å². The van der Waals surface area contributed by atoms with Gasteiger partial charge in [0, 0.05) is 22.8 Å². The summed E-state index contributed by atoms with van der Waals surface area (Å²) in [5.74, 6) is 1.13. The summed E-state index contributed by atoms with van der Waals surface area (Å²) in [6.07, 6.45) is -1.75. The Kier molecular flexibility index (Phi) is 6.49. The largest absolute Gasteiger partial charge is 0.497 e. The molecule has 1 amide bonds. The first-order valence-electron chi connectivity index (χ1n) is 12.5. The number of hydroxylamine groups is 2. The number of ether oxygens (including phenoxy) is 4. The highest BCUT2D eigenvalue weighted by molar-refractivity contribution is 9.10. The van der Waals surface area contributed by atoms with E-state index in [4.69, 9.17) is 23.8 Å². The summed E-state index contributed by atoms with van der Waals surface area (Å²) in [5.41, 5.74) is 0.132. The lowest BCUT2D eigenvalue weighted by atomic mass is 9.67. The Balaban J connectivity index is 1.46. The van der Waals surface area contributed by atoms with Gasteiger partial charge in [-0.05, 0) is 54.6 Å². The fraction of sp³-hybridized carbons (Fsp3) is 0.310. The zero-order valence-electron chi connectivity index (χ0n) is 21.6. The summed E-state index contributed by atoms with van der Waals surface area (Å²) in [4.78, 5) is 35.5. The monoisotopic (exact) mass is 594 g/mol. The van der Waals surface area contributed by atoms with Gasteiger partial charge in [0.2, 0.25) is 6.10 Å². The second-order valence-electron chi connectivity index (χ2n) is 9.73. The zero-order valence-corrected chi connectivity index (χ0v) is 23.2. The van der Waals surface area contributed by atoms with Gasteiger partial charge in [-0.1, -0.05) is 34.1 Å². The van der Waals surface area contributed by atoms with Crippen LogP contribution in [0.5, 0.6) is 17.2 Å². The van der Waals surface area contributed by atoms with Crippen molar-refractivity contribution in [3.8, 4) is 17.2 Å². The van der Waals surface area contributed by atoms with Gasteiger partial charge in [-0.25, -0.2) is 0 Å². The maximum Gasteiger partial charge on any atom is 0.320 e.